The van der Waals surface area contributed by atoms with Gasteiger partial charge in [0.15, 0.2) is 0 Å². The molecule has 1 fully saturated rings. The summed E-state index contributed by atoms with van der Waals surface area (Å²) in [4.78, 5) is 14.0. The van der Waals surface area contributed by atoms with Gasteiger partial charge in [0.1, 0.15) is 0 Å². The first-order valence-corrected chi connectivity index (χ1v) is 5.56. The first-order valence-electron chi connectivity index (χ1n) is 5.15. The summed E-state index contributed by atoms with van der Waals surface area (Å²) in [5, 5.41) is 0. The SMILES string of the molecule is CC1CCN(C(=O)CCC(N)=S)CC1. The molecule has 1 heterocycles. The number of carbonyl (C=O) groups is 1. The number of hydrogen-bond donors (Lipinski definition) is 1. The molecular formula is C10H18N2OS. The lowest BCUT2D eigenvalue weighted by Gasteiger charge is -2.30. The fraction of sp³-hybridized carbons (Fsp3) is 0.800. The van der Waals surface area contributed by atoms with E-state index in [9.17, 15) is 4.79 Å². The first-order chi connectivity index (χ1) is 6.59. The topological polar surface area (TPSA) is 46.3 Å². The van der Waals surface area contributed by atoms with Crippen LogP contribution in [0.3, 0.4) is 0 Å². The van der Waals surface area contributed by atoms with E-state index < -0.39 is 0 Å². The van der Waals surface area contributed by atoms with Crippen molar-refractivity contribution < 1.29 is 4.79 Å². The molecule has 1 aliphatic rings. The summed E-state index contributed by atoms with van der Waals surface area (Å²) in [5.74, 6) is 0.958. The smallest absolute Gasteiger partial charge is 0.222 e. The molecule has 0 aliphatic carbocycles. The highest BCUT2D eigenvalue weighted by Gasteiger charge is 2.19. The van der Waals surface area contributed by atoms with E-state index in [0.717, 1.165) is 31.8 Å². The molecule has 1 saturated heterocycles. The summed E-state index contributed by atoms with van der Waals surface area (Å²) < 4.78 is 0. The highest BCUT2D eigenvalue weighted by Crippen LogP contribution is 2.16. The zero-order chi connectivity index (χ0) is 10.6. The van der Waals surface area contributed by atoms with Crippen LogP contribution in [0.4, 0.5) is 0 Å². The number of hydrogen-bond acceptors (Lipinski definition) is 2. The average Bonchev–Trinajstić information content (AvgIpc) is 2.15. The van der Waals surface area contributed by atoms with Crippen molar-refractivity contribution in [1.29, 1.82) is 0 Å². The fourth-order valence-electron chi connectivity index (χ4n) is 1.65. The molecule has 2 N–H and O–H groups in total. The van der Waals surface area contributed by atoms with Crippen LogP contribution in [0.5, 0.6) is 0 Å². The largest absolute Gasteiger partial charge is 0.393 e. The monoisotopic (exact) mass is 214 g/mol. The standard InChI is InChI=1S/C10H18N2OS/c1-8-4-6-12(7-5-8)10(13)3-2-9(11)14/h8H,2-7H2,1H3,(H2,11,14). The molecule has 0 spiro atoms. The van der Waals surface area contributed by atoms with Crippen molar-refractivity contribution in [2.75, 3.05) is 13.1 Å². The molecule has 0 atom stereocenters. The second kappa shape index (κ2) is 5.29. The predicted octanol–water partition coefficient (Wildman–Crippen LogP) is 1.31. The lowest BCUT2D eigenvalue weighted by atomic mass is 9.99. The molecule has 0 radical (unpaired) electrons. The van der Waals surface area contributed by atoms with E-state index in [1.54, 1.807) is 0 Å². The highest BCUT2D eigenvalue weighted by atomic mass is 32.1. The van der Waals surface area contributed by atoms with Crippen molar-refractivity contribution in [1.82, 2.24) is 4.90 Å². The van der Waals surface area contributed by atoms with E-state index in [1.807, 2.05) is 4.90 Å². The number of amides is 1. The van der Waals surface area contributed by atoms with Crippen LogP contribution < -0.4 is 5.73 Å². The van der Waals surface area contributed by atoms with Crippen molar-refractivity contribution in [3.63, 3.8) is 0 Å². The summed E-state index contributed by atoms with van der Waals surface area (Å²) in [6.07, 6.45) is 3.27. The molecule has 0 saturated carbocycles. The number of nitrogens with two attached hydrogens (primary N) is 1. The minimum absolute atomic E-state index is 0.199. The average molecular weight is 214 g/mol. The lowest BCUT2D eigenvalue weighted by Crippen LogP contribution is -2.38. The normalized spacial score (nSPS) is 18.2. The Bertz CT molecular complexity index is 222. The minimum Gasteiger partial charge on any atom is -0.393 e. The zero-order valence-corrected chi connectivity index (χ0v) is 9.48. The Kier molecular flexibility index (Phi) is 4.32. The summed E-state index contributed by atoms with van der Waals surface area (Å²) in [7, 11) is 0. The van der Waals surface area contributed by atoms with Gasteiger partial charge in [-0.05, 0) is 18.8 Å². The lowest BCUT2D eigenvalue weighted by molar-refractivity contribution is -0.132. The third kappa shape index (κ3) is 3.62. The van der Waals surface area contributed by atoms with Crippen LogP contribution in [-0.4, -0.2) is 28.9 Å². The Balaban J connectivity index is 2.27. The van der Waals surface area contributed by atoms with Gasteiger partial charge in [-0.25, -0.2) is 0 Å². The van der Waals surface area contributed by atoms with Crippen LogP contribution in [0.2, 0.25) is 0 Å². The second-order valence-corrected chi connectivity index (χ2v) is 4.55. The molecule has 1 rings (SSSR count). The number of nitrogens with zero attached hydrogens (tertiary/aromatic N) is 1. The van der Waals surface area contributed by atoms with Gasteiger partial charge in [0.25, 0.3) is 0 Å². The van der Waals surface area contributed by atoms with E-state index in [2.05, 4.69) is 6.92 Å². The molecule has 4 heteroatoms. The Morgan fingerprint density at radius 2 is 2.00 bits per heavy atom. The molecule has 1 aliphatic heterocycles. The first kappa shape index (κ1) is 11.4. The minimum atomic E-state index is 0.199. The summed E-state index contributed by atoms with van der Waals surface area (Å²) in [6.45, 7) is 4.03. The number of piperidine rings is 1. The Morgan fingerprint density at radius 3 is 2.50 bits per heavy atom. The molecule has 0 aromatic rings. The fourth-order valence-corrected chi connectivity index (χ4v) is 1.75. The van der Waals surface area contributed by atoms with E-state index >= 15 is 0 Å². The van der Waals surface area contributed by atoms with Gasteiger partial charge in [0.05, 0.1) is 4.99 Å². The second-order valence-electron chi connectivity index (χ2n) is 4.03. The number of likely N-dealkylation sites (tertiary alicyclic amines) is 1. The molecule has 0 unspecified atom stereocenters. The highest BCUT2D eigenvalue weighted by molar-refractivity contribution is 7.80. The molecule has 3 nitrogen and oxygen atoms in total. The Labute approximate surface area is 90.6 Å². The third-order valence-electron chi connectivity index (χ3n) is 2.72. The molecular weight excluding hydrogens is 196 g/mol. The summed E-state index contributed by atoms with van der Waals surface area (Å²) in [5.41, 5.74) is 5.35. The van der Waals surface area contributed by atoms with E-state index in [0.29, 0.717) is 17.8 Å². The quantitative estimate of drug-likeness (QED) is 0.721. The van der Waals surface area contributed by atoms with Crippen molar-refractivity contribution in [3.05, 3.63) is 0 Å². The van der Waals surface area contributed by atoms with Crippen molar-refractivity contribution in [2.24, 2.45) is 11.7 Å². The van der Waals surface area contributed by atoms with Gasteiger partial charge in [-0.15, -0.1) is 0 Å². The van der Waals surface area contributed by atoms with Crippen molar-refractivity contribution in [3.8, 4) is 0 Å². The molecule has 0 aromatic carbocycles. The van der Waals surface area contributed by atoms with Crippen LogP contribution >= 0.6 is 12.2 Å². The van der Waals surface area contributed by atoms with Crippen molar-refractivity contribution in [2.45, 2.75) is 32.6 Å². The van der Waals surface area contributed by atoms with Crippen LogP contribution in [0.25, 0.3) is 0 Å². The summed E-state index contributed by atoms with van der Waals surface area (Å²) >= 11 is 4.74. The Morgan fingerprint density at radius 1 is 1.43 bits per heavy atom. The van der Waals surface area contributed by atoms with Gasteiger partial charge >= 0.3 is 0 Å². The van der Waals surface area contributed by atoms with Crippen molar-refractivity contribution >= 4 is 23.1 Å². The number of thiocarbonyl (C=S) groups is 1. The maximum Gasteiger partial charge on any atom is 0.222 e. The van der Waals surface area contributed by atoms with Crippen LogP contribution in [0.15, 0.2) is 0 Å². The van der Waals surface area contributed by atoms with Gasteiger partial charge in [-0.3, -0.25) is 4.79 Å². The maximum absolute atomic E-state index is 11.6. The van der Waals surface area contributed by atoms with Gasteiger partial charge < -0.3 is 10.6 Å². The summed E-state index contributed by atoms with van der Waals surface area (Å²) in [6, 6.07) is 0. The zero-order valence-electron chi connectivity index (χ0n) is 8.66. The van der Waals surface area contributed by atoms with E-state index in [-0.39, 0.29) is 5.91 Å². The number of rotatable bonds is 3. The van der Waals surface area contributed by atoms with Gasteiger partial charge in [0, 0.05) is 25.9 Å². The van der Waals surface area contributed by atoms with E-state index in [1.165, 1.54) is 0 Å². The Hall–Kier alpha value is -0.640. The molecule has 0 aromatic heterocycles. The number of carbonyl (C=O) groups excluding carboxylic acids is 1. The molecule has 1 amide bonds. The maximum atomic E-state index is 11.6. The van der Waals surface area contributed by atoms with E-state index in [4.69, 9.17) is 18.0 Å². The van der Waals surface area contributed by atoms with Crippen LogP contribution in [-0.2, 0) is 4.79 Å². The molecule has 14 heavy (non-hydrogen) atoms. The van der Waals surface area contributed by atoms with Gasteiger partial charge in [-0.1, -0.05) is 19.1 Å². The molecule has 80 valence electrons. The molecule has 0 bridgehead atoms. The third-order valence-corrected chi connectivity index (χ3v) is 2.93. The van der Waals surface area contributed by atoms with Crippen LogP contribution in [0.1, 0.15) is 32.6 Å². The van der Waals surface area contributed by atoms with Gasteiger partial charge in [-0.2, -0.15) is 0 Å². The van der Waals surface area contributed by atoms with Gasteiger partial charge in [0.2, 0.25) is 5.91 Å². The predicted molar refractivity (Wildman–Crippen MR) is 61.0 cm³/mol. The van der Waals surface area contributed by atoms with Crippen LogP contribution in [0, 0.1) is 5.92 Å².